The molecular weight excluding hydrogens is 240 g/mol. The molecule has 0 N–H and O–H groups in total. The highest BCUT2D eigenvalue weighted by molar-refractivity contribution is 6.30. The van der Waals surface area contributed by atoms with Gasteiger partial charge in [0.25, 0.3) is 5.91 Å². The minimum atomic E-state index is -0.400. The molecule has 0 spiro atoms. The van der Waals surface area contributed by atoms with Crippen LogP contribution in [0.2, 0.25) is 5.02 Å². The SMILES string of the molecule is C[C@@H]1C(=O)N(C)C(=O)N1Cc1ccc(Cl)cc1. The zero-order valence-corrected chi connectivity index (χ0v) is 10.4. The van der Waals surface area contributed by atoms with E-state index in [1.54, 1.807) is 24.0 Å². The Morgan fingerprint density at radius 3 is 2.29 bits per heavy atom. The van der Waals surface area contributed by atoms with Gasteiger partial charge < -0.3 is 4.90 Å². The number of carbonyl (C=O) groups is 2. The van der Waals surface area contributed by atoms with Crippen molar-refractivity contribution in [3.8, 4) is 0 Å². The first-order valence-electron chi connectivity index (χ1n) is 5.33. The van der Waals surface area contributed by atoms with E-state index in [9.17, 15) is 9.59 Å². The van der Waals surface area contributed by atoms with E-state index < -0.39 is 6.04 Å². The number of imide groups is 1. The molecule has 1 aromatic carbocycles. The highest BCUT2D eigenvalue weighted by Gasteiger charge is 2.39. The third-order valence-electron chi connectivity index (χ3n) is 2.95. The molecular formula is C12H13ClN2O2. The molecule has 4 nitrogen and oxygen atoms in total. The van der Waals surface area contributed by atoms with Crippen LogP contribution >= 0.6 is 11.6 Å². The third kappa shape index (κ3) is 2.13. The number of urea groups is 1. The molecule has 0 aliphatic carbocycles. The second-order valence-electron chi connectivity index (χ2n) is 4.11. The number of hydrogen-bond donors (Lipinski definition) is 0. The van der Waals surface area contributed by atoms with Crippen LogP contribution in [0.4, 0.5) is 4.79 Å². The van der Waals surface area contributed by atoms with Crippen LogP contribution < -0.4 is 0 Å². The number of nitrogens with zero attached hydrogens (tertiary/aromatic N) is 2. The Morgan fingerprint density at radius 1 is 1.24 bits per heavy atom. The average Bonchev–Trinajstić information content (AvgIpc) is 2.50. The first kappa shape index (κ1) is 11.9. The van der Waals surface area contributed by atoms with Gasteiger partial charge in [-0.25, -0.2) is 4.79 Å². The van der Waals surface area contributed by atoms with Crippen molar-refractivity contribution >= 4 is 23.5 Å². The quantitative estimate of drug-likeness (QED) is 0.757. The van der Waals surface area contributed by atoms with E-state index in [1.165, 1.54) is 7.05 Å². The average molecular weight is 253 g/mol. The highest BCUT2D eigenvalue weighted by Crippen LogP contribution is 2.19. The molecule has 1 aliphatic rings. The molecule has 0 saturated carbocycles. The summed E-state index contributed by atoms with van der Waals surface area (Å²) in [5.74, 6) is -0.163. The zero-order chi connectivity index (χ0) is 12.6. The molecule has 0 unspecified atom stereocenters. The smallest absolute Gasteiger partial charge is 0.308 e. The molecule has 1 fully saturated rings. The summed E-state index contributed by atoms with van der Waals surface area (Å²) in [6.07, 6.45) is 0. The van der Waals surface area contributed by atoms with Crippen LogP contribution in [0, 0.1) is 0 Å². The number of benzene rings is 1. The maximum atomic E-state index is 11.8. The van der Waals surface area contributed by atoms with E-state index in [4.69, 9.17) is 11.6 Å². The minimum Gasteiger partial charge on any atom is -0.308 e. The molecule has 17 heavy (non-hydrogen) atoms. The lowest BCUT2D eigenvalue weighted by Crippen LogP contribution is -2.32. The molecule has 0 bridgehead atoms. The monoisotopic (exact) mass is 252 g/mol. The summed E-state index contributed by atoms with van der Waals surface area (Å²) >= 11 is 5.79. The molecule has 1 heterocycles. The van der Waals surface area contributed by atoms with Gasteiger partial charge in [-0.2, -0.15) is 0 Å². The van der Waals surface area contributed by atoms with Crippen molar-refractivity contribution < 1.29 is 9.59 Å². The molecule has 3 amide bonds. The highest BCUT2D eigenvalue weighted by atomic mass is 35.5. The lowest BCUT2D eigenvalue weighted by Gasteiger charge is -2.18. The second kappa shape index (κ2) is 4.37. The number of amides is 3. The Labute approximate surface area is 105 Å². The number of carbonyl (C=O) groups excluding carboxylic acids is 2. The summed E-state index contributed by atoms with van der Waals surface area (Å²) in [7, 11) is 1.50. The minimum absolute atomic E-state index is 0.163. The van der Waals surface area contributed by atoms with Crippen LogP contribution in [0.5, 0.6) is 0 Å². The normalized spacial score (nSPS) is 20.3. The van der Waals surface area contributed by atoms with Gasteiger partial charge in [0.2, 0.25) is 0 Å². The molecule has 2 rings (SSSR count). The summed E-state index contributed by atoms with van der Waals surface area (Å²) in [5, 5.41) is 0.655. The largest absolute Gasteiger partial charge is 0.327 e. The fraction of sp³-hybridized carbons (Fsp3) is 0.333. The zero-order valence-electron chi connectivity index (χ0n) is 9.68. The molecule has 1 saturated heterocycles. The van der Waals surface area contributed by atoms with Crippen molar-refractivity contribution in [1.82, 2.24) is 9.80 Å². The molecule has 1 aliphatic heterocycles. The second-order valence-corrected chi connectivity index (χ2v) is 4.55. The molecule has 1 aromatic rings. The maximum absolute atomic E-state index is 11.8. The Balaban J connectivity index is 2.16. The van der Waals surface area contributed by atoms with Crippen LogP contribution in [0.15, 0.2) is 24.3 Å². The third-order valence-corrected chi connectivity index (χ3v) is 3.21. The standard InChI is InChI=1S/C12H13ClN2O2/c1-8-11(16)14(2)12(17)15(8)7-9-3-5-10(13)6-4-9/h3-6,8H,7H2,1-2H3/t8-/m1/s1. The molecule has 5 heteroatoms. The van der Waals surface area contributed by atoms with Gasteiger partial charge in [-0.05, 0) is 24.6 Å². The van der Waals surface area contributed by atoms with Crippen LogP contribution in [-0.2, 0) is 11.3 Å². The van der Waals surface area contributed by atoms with Crippen LogP contribution in [-0.4, -0.2) is 34.8 Å². The topological polar surface area (TPSA) is 40.6 Å². The fourth-order valence-electron chi connectivity index (χ4n) is 1.86. The molecule has 1 atom stereocenters. The van der Waals surface area contributed by atoms with Crippen LogP contribution in [0.3, 0.4) is 0 Å². The van der Waals surface area contributed by atoms with E-state index in [1.807, 2.05) is 12.1 Å². The number of likely N-dealkylation sites (N-methyl/N-ethyl adjacent to an activating group) is 1. The van der Waals surface area contributed by atoms with E-state index in [0.717, 1.165) is 10.5 Å². The van der Waals surface area contributed by atoms with Gasteiger partial charge in [0, 0.05) is 18.6 Å². The Bertz CT molecular complexity index is 458. The molecule has 90 valence electrons. The summed E-state index contributed by atoms with van der Waals surface area (Å²) in [6, 6.07) is 6.60. The number of rotatable bonds is 2. The van der Waals surface area contributed by atoms with Gasteiger partial charge >= 0.3 is 6.03 Å². The molecule has 0 aromatic heterocycles. The predicted molar refractivity (Wildman–Crippen MR) is 64.6 cm³/mol. The van der Waals surface area contributed by atoms with E-state index in [-0.39, 0.29) is 11.9 Å². The Hall–Kier alpha value is -1.55. The van der Waals surface area contributed by atoms with Crippen LogP contribution in [0.1, 0.15) is 12.5 Å². The molecule has 0 radical (unpaired) electrons. The van der Waals surface area contributed by atoms with E-state index in [2.05, 4.69) is 0 Å². The van der Waals surface area contributed by atoms with Gasteiger partial charge in [0.05, 0.1) is 0 Å². The summed E-state index contributed by atoms with van der Waals surface area (Å²) < 4.78 is 0. The summed E-state index contributed by atoms with van der Waals surface area (Å²) in [4.78, 5) is 26.1. The Kier molecular flexibility index (Phi) is 3.07. The number of halogens is 1. The van der Waals surface area contributed by atoms with Gasteiger partial charge in [-0.1, -0.05) is 23.7 Å². The first-order chi connectivity index (χ1) is 8.00. The van der Waals surface area contributed by atoms with Crippen molar-refractivity contribution in [2.45, 2.75) is 19.5 Å². The van der Waals surface area contributed by atoms with Gasteiger partial charge in [0.15, 0.2) is 0 Å². The fourth-order valence-corrected chi connectivity index (χ4v) is 1.98. The number of hydrogen-bond acceptors (Lipinski definition) is 2. The first-order valence-corrected chi connectivity index (χ1v) is 5.71. The van der Waals surface area contributed by atoms with E-state index >= 15 is 0 Å². The van der Waals surface area contributed by atoms with Crippen LogP contribution in [0.25, 0.3) is 0 Å². The maximum Gasteiger partial charge on any atom is 0.327 e. The van der Waals surface area contributed by atoms with Gasteiger partial charge in [-0.3, -0.25) is 9.69 Å². The lowest BCUT2D eigenvalue weighted by molar-refractivity contribution is -0.127. The summed E-state index contributed by atoms with van der Waals surface area (Å²) in [5.41, 5.74) is 0.956. The van der Waals surface area contributed by atoms with Crippen molar-refractivity contribution in [3.05, 3.63) is 34.9 Å². The lowest BCUT2D eigenvalue weighted by atomic mass is 10.2. The van der Waals surface area contributed by atoms with E-state index in [0.29, 0.717) is 11.6 Å². The van der Waals surface area contributed by atoms with Gasteiger partial charge in [0.1, 0.15) is 6.04 Å². The Morgan fingerprint density at radius 2 is 1.82 bits per heavy atom. The summed E-state index contributed by atoms with van der Waals surface area (Å²) in [6.45, 7) is 2.16. The van der Waals surface area contributed by atoms with Crippen molar-refractivity contribution in [1.29, 1.82) is 0 Å². The van der Waals surface area contributed by atoms with Crippen molar-refractivity contribution in [3.63, 3.8) is 0 Å². The predicted octanol–water partition coefficient (Wildman–Crippen LogP) is 2.12. The van der Waals surface area contributed by atoms with Gasteiger partial charge in [-0.15, -0.1) is 0 Å². The van der Waals surface area contributed by atoms with Crippen molar-refractivity contribution in [2.24, 2.45) is 0 Å². The van der Waals surface area contributed by atoms with Crippen molar-refractivity contribution in [2.75, 3.05) is 7.05 Å².